The highest BCUT2D eigenvalue weighted by Crippen LogP contribution is 2.81. The highest BCUT2D eigenvalue weighted by molar-refractivity contribution is 9.11. The van der Waals surface area contributed by atoms with Crippen molar-refractivity contribution >= 4 is 79.6 Å². The monoisotopic (exact) mass is 660 g/mol. The highest BCUT2D eigenvalue weighted by atomic mass is 79.9. The second-order valence-electron chi connectivity index (χ2n) is 11.4. The third kappa shape index (κ3) is 2.43. The van der Waals surface area contributed by atoms with E-state index in [1.807, 2.05) is 0 Å². The summed E-state index contributed by atoms with van der Waals surface area (Å²) in [6.07, 6.45) is 16.6. The summed E-state index contributed by atoms with van der Waals surface area (Å²) in [7, 11) is 0. The lowest BCUT2D eigenvalue weighted by molar-refractivity contribution is -0.166. The number of hydrogen-bond acceptors (Lipinski definition) is 0. The molecule has 0 heterocycles. The topological polar surface area (TPSA) is 0 Å². The first-order valence-electron chi connectivity index (χ1n) is 9.84. The lowest BCUT2D eigenvalue weighted by atomic mass is 9.35. The summed E-state index contributed by atoms with van der Waals surface area (Å²) in [4.78, 5) is 0. The normalized spacial score (nSPS) is 70.2. The molecule has 8 bridgehead atoms. The molecule has 0 spiro atoms. The van der Waals surface area contributed by atoms with Crippen molar-refractivity contribution < 1.29 is 0 Å². The summed E-state index contributed by atoms with van der Waals surface area (Å²) in [5.41, 5.74) is 1.02. The van der Waals surface area contributed by atoms with E-state index in [0.29, 0.717) is 32.5 Å². The van der Waals surface area contributed by atoms with Gasteiger partial charge in [-0.05, 0) is 93.8 Å². The Hall–Kier alpha value is 2.40. The molecule has 0 saturated heterocycles. The Morgan fingerprint density at radius 1 is 0.400 bits per heavy atom. The minimum atomic E-state index is 0.344. The van der Waals surface area contributed by atoms with E-state index in [4.69, 9.17) is 0 Å². The first kappa shape index (κ1) is 18.2. The predicted molar refractivity (Wildman–Crippen MR) is 122 cm³/mol. The van der Waals surface area contributed by atoms with Crippen LogP contribution in [0.4, 0.5) is 0 Å². The molecule has 2 unspecified atom stereocenters. The Kier molecular flexibility index (Phi) is 3.51. The zero-order valence-electron chi connectivity index (χ0n) is 14.5. The Balaban J connectivity index is 1.51. The largest absolute Gasteiger partial charge is 0.0852 e. The van der Waals surface area contributed by atoms with Gasteiger partial charge in [0.05, 0.1) is 0 Å². The second kappa shape index (κ2) is 4.83. The van der Waals surface area contributed by atoms with Crippen LogP contribution in [-0.4, -0.2) is 21.6 Å². The average Bonchev–Trinajstić information content (AvgIpc) is 2.26. The first-order valence-corrected chi connectivity index (χ1v) is 13.8. The van der Waals surface area contributed by atoms with Gasteiger partial charge in [-0.3, -0.25) is 0 Å². The molecule has 8 fully saturated rings. The smallest absolute Gasteiger partial charge is 0.0290 e. The van der Waals surface area contributed by atoms with Gasteiger partial charge in [-0.2, -0.15) is 0 Å². The van der Waals surface area contributed by atoms with Crippen molar-refractivity contribution in [3.8, 4) is 0 Å². The van der Waals surface area contributed by atoms with E-state index in [-0.39, 0.29) is 0 Å². The molecule has 0 radical (unpaired) electrons. The van der Waals surface area contributed by atoms with Gasteiger partial charge in [0.15, 0.2) is 0 Å². The van der Waals surface area contributed by atoms with Crippen molar-refractivity contribution in [3.63, 3.8) is 0 Å². The number of rotatable bonds is 1. The van der Waals surface area contributed by atoms with Crippen LogP contribution in [0, 0.1) is 16.7 Å². The minimum absolute atomic E-state index is 0.344. The predicted octanol–water partition coefficient (Wildman–Crippen LogP) is 8.01. The average molecular weight is 665 g/mol. The van der Waals surface area contributed by atoms with Gasteiger partial charge in [0.2, 0.25) is 0 Å². The Morgan fingerprint density at radius 2 is 0.760 bits per heavy atom. The van der Waals surface area contributed by atoms with Crippen LogP contribution < -0.4 is 0 Å². The van der Waals surface area contributed by atoms with Gasteiger partial charge in [0.1, 0.15) is 0 Å². The van der Waals surface area contributed by atoms with Crippen LogP contribution in [0.5, 0.6) is 0 Å². The van der Waals surface area contributed by atoms with Gasteiger partial charge in [0, 0.05) is 21.6 Å². The molecule has 25 heavy (non-hydrogen) atoms. The molecule has 8 saturated carbocycles. The van der Waals surface area contributed by atoms with E-state index < -0.39 is 0 Å². The summed E-state index contributed by atoms with van der Waals surface area (Å²) in [6.45, 7) is 0. The van der Waals surface area contributed by atoms with Crippen LogP contribution in [0.25, 0.3) is 0 Å². The van der Waals surface area contributed by atoms with Crippen LogP contribution in [0.15, 0.2) is 0 Å². The van der Waals surface area contributed by atoms with Crippen molar-refractivity contribution in [1.82, 2.24) is 0 Å². The van der Waals surface area contributed by atoms with Gasteiger partial charge in [0.25, 0.3) is 0 Å². The zero-order chi connectivity index (χ0) is 17.6. The third-order valence-electron chi connectivity index (χ3n) is 8.92. The minimum Gasteiger partial charge on any atom is -0.0852 e. The van der Waals surface area contributed by atoms with Crippen molar-refractivity contribution in [2.24, 2.45) is 16.7 Å². The van der Waals surface area contributed by atoms with Crippen LogP contribution in [0.1, 0.15) is 77.0 Å². The van der Waals surface area contributed by atoms with Crippen molar-refractivity contribution in [3.05, 3.63) is 0 Å². The fourth-order valence-corrected chi connectivity index (χ4v) is 19.0. The summed E-state index contributed by atoms with van der Waals surface area (Å²) in [6, 6.07) is 0. The van der Waals surface area contributed by atoms with Gasteiger partial charge in [-0.25, -0.2) is 0 Å². The van der Waals surface area contributed by atoms with E-state index >= 15 is 0 Å². The Morgan fingerprint density at radius 3 is 1.16 bits per heavy atom. The van der Waals surface area contributed by atoms with Crippen LogP contribution in [0.3, 0.4) is 0 Å². The van der Waals surface area contributed by atoms with Gasteiger partial charge in [-0.15, -0.1) is 0 Å². The quantitative estimate of drug-likeness (QED) is 0.249. The Bertz CT molecular complexity index is 601. The Labute approximate surface area is 193 Å². The fourth-order valence-electron chi connectivity index (χ4n) is 9.63. The molecule has 8 rings (SSSR count). The van der Waals surface area contributed by atoms with Gasteiger partial charge in [-0.1, -0.05) is 79.6 Å². The highest BCUT2D eigenvalue weighted by Gasteiger charge is 2.75. The molecule has 5 heteroatoms. The maximum Gasteiger partial charge on any atom is 0.0290 e. The lowest BCUT2D eigenvalue weighted by Gasteiger charge is -2.76. The summed E-state index contributed by atoms with van der Waals surface area (Å²) < 4.78 is 1.83. The van der Waals surface area contributed by atoms with Crippen molar-refractivity contribution in [1.29, 1.82) is 0 Å². The van der Waals surface area contributed by atoms with E-state index in [9.17, 15) is 0 Å². The fraction of sp³-hybridized carbons (Fsp3) is 1.00. The molecule has 8 aliphatic rings. The SMILES string of the molecule is BrC12CC3CC(Br)(C1)CC(C14CC5(Br)CC(Br)(CC(Br)(C5)C1)C4)(C3)C2. The standard InChI is InChI=1S/C20H25Br5/c21-16-2-13-1-14(4-16,5-17(22,3-13)9-16)15-6-18(23)10-19(24,7-15)12-20(25,8-15)11-18/h13H,1-12H2. The van der Waals surface area contributed by atoms with Crippen LogP contribution in [-0.2, 0) is 0 Å². The van der Waals surface area contributed by atoms with E-state index in [1.165, 1.54) is 77.0 Å². The van der Waals surface area contributed by atoms with Crippen LogP contribution >= 0.6 is 79.6 Å². The molecule has 0 aromatic heterocycles. The molecular weight excluding hydrogens is 640 g/mol. The van der Waals surface area contributed by atoms with Crippen molar-refractivity contribution in [2.45, 2.75) is 98.7 Å². The maximum atomic E-state index is 4.29. The number of halogens is 5. The third-order valence-corrected chi connectivity index (χ3v) is 13.2. The summed E-state index contributed by atoms with van der Waals surface area (Å²) in [5, 5.41) is 0. The second-order valence-corrected chi connectivity index (χ2v) is 19.8. The molecule has 0 aliphatic heterocycles. The maximum absolute atomic E-state index is 4.29. The molecule has 0 amide bonds. The van der Waals surface area contributed by atoms with E-state index in [2.05, 4.69) is 79.6 Å². The first-order chi connectivity index (χ1) is 11.4. The molecule has 0 N–H and O–H groups in total. The molecule has 8 aliphatic carbocycles. The number of hydrogen-bond donors (Lipinski definition) is 0. The molecule has 0 nitrogen and oxygen atoms in total. The zero-order valence-corrected chi connectivity index (χ0v) is 22.4. The molecule has 140 valence electrons. The molecular formula is C20H25Br5. The lowest BCUT2D eigenvalue weighted by Crippen LogP contribution is -2.72. The van der Waals surface area contributed by atoms with Crippen LogP contribution in [0.2, 0.25) is 0 Å². The van der Waals surface area contributed by atoms with E-state index in [1.54, 1.807) is 0 Å². The summed E-state index contributed by atoms with van der Waals surface area (Å²) >= 11 is 21.4. The molecule has 2 atom stereocenters. The van der Waals surface area contributed by atoms with Gasteiger partial charge >= 0.3 is 0 Å². The number of alkyl halides is 5. The summed E-state index contributed by atoms with van der Waals surface area (Å²) in [5.74, 6) is 0.923. The molecule has 0 aromatic rings. The van der Waals surface area contributed by atoms with E-state index in [0.717, 1.165) is 5.92 Å². The van der Waals surface area contributed by atoms with Crippen molar-refractivity contribution in [2.75, 3.05) is 0 Å². The van der Waals surface area contributed by atoms with Gasteiger partial charge < -0.3 is 0 Å². The molecule has 0 aromatic carbocycles.